The van der Waals surface area contributed by atoms with E-state index < -0.39 is 0 Å². The Morgan fingerprint density at radius 3 is 2.44 bits per heavy atom. The first-order chi connectivity index (χ1) is 7.67. The molecular formula is C13H20FNO. The SMILES string of the molecule is CCC(C)OC(CNC)c1ccc(F)cc1. The van der Waals surface area contributed by atoms with Gasteiger partial charge in [-0.2, -0.15) is 0 Å². The molecule has 0 saturated heterocycles. The number of hydrogen-bond donors (Lipinski definition) is 1. The molecule has 1 aromatic carbocycles. The molecular weight excluding hydrogens is 205 g/mol. The topological polar surface area (TPSA) is 21.3 Å². The first-order valence-corrected chi connectivity index (χ1v) is 5.72. The Hall–Kier alpha value is -0.930. The lowest BCUT2D eigenvalue weighted by atomic mass is 10.1. The summed E-state index contributed by atoms with van der Waals surface area (Å²) < 4.78 is 18.7. The van der Waals surface area contributed by atoms with Crippen LogP contribution in [-0.4, -0.2) is 19.7 Å². The van der Waals surface area contributed by atoms with Crippen LogP contribution >= 0.6 is 0 Å². The summed E-state index contributed by atoms with van der Waals surface area (Å²) in [7, 11) is 1.89. The molecule has 1 aromatic rings. The van der Waals surface area contributed by atoms with Crippen molar-refractivity contribution in [2.45, 2.75) is 32.5 Å². The normalized spacial score (nSPS) is 14.8. The minimum Gasteiger partial charge on any atom is -0.369 e. The summed E-state index contributed by atoms with van der Waals surface area (Å²) in [5.74, 6) is -0.213. The van der Waals surface area contributed by atoms with Gasteiger partial charge in [-0.05, 0) is 38.1 Å². The summed E-state index contributed by atoms with van der Waals surface area (Å²) >= 11 is 0. The maximum atomic E-state index is 12.8. The molecule has 0 bridgehead atoms. The highest BCUT2D eigenvalue weighted by atomic mass is 19.1. The van der Waals surface area contributed by atoms with Crippen LogP contribution < -0.4 is 5.32 Å². The standard InChI is InChI=1S/C13H20FNO/c1-4-10(2)16-13(9-15-3)11-5-7-12(14)8-6-11/h5-8,10,13,15H,4,9H2,1-3H3. The third kappa shape index (κ3) is 3.91. The van der Waals surface area contributed by atoms with Crippen LogP contribution in [0.2, 0.25) is 0 Å². The van der Waals surface area contributed by atoms with Crippen LogP contribution in [0.15, 0.2) is 24.3 Å². The van der Waals surface area contributed by atoms with Gasteiger partial charge in [-0.15, -0.1) is 0 Å². The molecule has 0 aromatic heterocycles. The van der Waals surface area contributed by atoms with Gasteiger partial charge in [-0.25, -0.2) is 4.39 Å². The van der Waals surface area contributed by atoms with Crippen molar-refractivity contribution in [3.05, 3.63) is 35.6 Å². The second kappa shape index (κ2) is 6.61. The van der Waals surface area contributed by atoms with E-state index in [2.05, 4.69) is 12.2 Å². The zero-order valence-electron chi connectivity index (χ0n) is 10.2. The van der Waals surface area contributed by atoms with E-state index in [1.54, 1.807) is 12.1 Å². The molecule has 0 saturated carbocycles. The van der Waals surface area contributed by atoms with Crippen LogP contribution in [0.5, 0.6) is 0 Å². The zero-order chi connectivity index (χ0) is 12.0. The maximum absolute atomic E-state index is 12.8. The molecule has 0 amide bonds. The van der Waals surface area contributed by atoms with Crippen molar-refractivity contribution < 1.29 is 9.13 Å². The van der Waals surface area contributed by atoms with Crippen molar-refractivity contribution in [1.82, 2.24) is 5.32 Å². The highest BCUT2D eigenvalue weighted by molar-refractivity contribution is 5.19. The van der Waals surface area contributed by atoms with E-state index in [-0.39, 0.29) is 18.0 Å². The van der Waals surface area contributed by atoms with Gasteiger partial charge in [0.05, 0.1) is 12.2 Å². The first-order valence-electron chi connectivity index (χ1n) is 5.72. The van der Waals surface area contributed by atoms with E-state index in [9.17, 15) is 4.39 Å². The molecule has 0 aliphatic heterocycles. The lowest BCUT2D eigenvalue weighted by molar-refractivity contribution is -0.00360. The minimum absolute atomic E-state index is 0.0134. The fourth-order valence-corrected chi connectivity index (χ4v) is 1.48. The summed E-state index contributed by atoms with van der Waals surface area (Å²) in [4.78, 5) is 0. The highest BCUT2D eigenvalue weighted by Crippen LogP contribution is 2.19. The van der Waals surface area contributed by atoms with Crippen LogP contribution in [0.3, 0.4) is 0 Å². The number of ether oxygens (including phenoxy) is 1. The van der Waals surface area contributed by atoms with Crippen molar-refractivity contribution >= 4 is 0 Å². The smallest absolute Gasteiger partial charge is 0.123 e. The van der Waals surface area contributed by atoms with Crippen LogP contribution in [-0.2, 0) is 4.74 Å². The molecule has 2 nitrogen and oxygen atoms in total. The summed E-state index contributed by atoms with van der Waals surface area (Å²) in [6.07, 6.45) is 1.17. The van der Waals surface area contributed by atoms with Crippen molar-refractivity contribution in [2.75, 3.05) is 13.6 Å². The van der Waals surface area contributed by atoms with E-state index >= 15 is 0 Å². The van der Waals surface area contributed by atoms with Crippen molar-refractivity contribution in [3.63, 3.8) is 0 Å². The molecule has 0 radical (unpaired) electrons. The number of nitrogens with one attached hydrogen (secondary N) is 1. The minimum atomic E-state index is -0.213. The summed E-state index contributed by atoms with van der Waals surface area (Å²) in [6, 6.07) is 6.50. The largest absolute Gasteiger partial charge is 0.369 e. The summed E-state index contributed by atoms with van der Waals surface area (Å²) in [6.45, 7) is 4.87. The lowest BCUT2D eigenvalue weighted by Gasteiger charge is -2.22. The molecule has 16 heavy (non-hydrogen) atoms. The molecule has 1 N–H and O–H groups in total. The molecule has 3 heteroatoms. The maximum Gasteiger partial charge on any atom is 0.123 e. The average Bonchev–Trinajstić information content (AvgIpc) is 2.29. The van der Waals surface area contributed by atoms with Gasteiger partial charge in [0.2, 0.25) is 0 Å². The Morgan fingerprint density at radius 2 is 1.94 bits per heavy atom. The van der Waals surface area contributed by atoms with Crippen LogP contribution in [0, 0.1) is 5.82 Å². The van der Waals surface area contributed by atoms with Crippen molar-refractivity contribution in [1.29, 1.82) is 0 Å². The van der Waals surface area contributed by atoms with Crippen molar-refractivity contribution in [3.8, 4) is 0 Å². The molecule has 2 unspecified atom stereocenters. The summed E-state index contributed by atoms with van der Waals surface area (Å²) in [5, 5.41) is 3.09. The Labute approximate surface area is 96.8 Å². The number of rotatable bonds is 6. The Kier molecular flexibility index (Phi) is 5.43. The predicted octanol–water partition coefficient (Wildman–Crippen LogP) is 2.90. The molecule has 0 aliphatic rings. The Balaban J connectivity index is 2.72. The Morgan fingerprint density at radius 1 is 1.31 bits per heavy atom. The first kappa shape index (κ1) is 13.1. The predicted molar refractivity (Wildman–Crippen MR) is 63.9 cm³/mol. The molecule has 1 rings (SSSR count). The zero-order valence-corrected chi connectivity index (χ0v) is 10.2. The van der Waals surface area contributed by atoms with Gasteiger partial charge in [-0.3, -0.25) is 0 Å². The number of halogens is 1. The fourth-order valence-electron chi connectivity index (χ4n) is 1.48. The molecule has 0 aliphatic carbocycles. The molecule has 0 fully saturated rings. The number of benzene rings is 1. The second-order valence-corrected chi connectivity index (χ2v) is 3.95. The molecule has 0 spiro atoms. The molecule has 90 valence electrons. The third-order valence-electron chi connectivity index (χ3n) is 2.60. The Bertz CT molecular complexity index is 299. The van der Waals surface area contributed by atoms with Crippen LogP contribution in [0.25, 0.3) is 0 Å². The van der Waals surface area contributed by atoms with Gasteiger partial charge in [-0.1, -0.05) is 19.1 Å². The average molecular weight is 225 g/mol. The monoisotopic (exact) mass is 225 g/mol. The molecule has 2 atom stereocenters. The van der Waals surface area contributed by atoms with Gasteiger partial charge in [0.25, 0.3) is 0 Å². The van der Waals surface area contributed by atoms with E-state index in [0.29, 0.717) is 0 Å². The van der Waals surface area contributed by atoms with E-state index in [0.717, 1.165) is 18.5 Å². The number of hydrogen-bond acceptors (Lipinski definition) is 2. The fraction of sp³-hybridized carbons (Fsp3) is 0.538. The van der Waals surface area contributed by atoms with Crippen LogP contribution in [0.1, 0.15) is 31.9 Å². The summed E-state index contributed by atoms with van der Waals surface area (Å²) in [5.41, 5.74) is 1.01. The van der Waals surface area contributed by atoms with Gasteiger partial charge >= 0.3 is 0 Å². The second-order valence-electron chi connectivity index (χ2n) is 3.95. The highest BCUT2D eigenvalue weighted by Gasteiger charge is 2.13. The number of likely N-dealkylation sites (N-methyl/N-ethyl adjacent to an activating group) is 1. The third-order valence-corrected chi connectivity index (χ3v) is 2.60. The quantitative estimate of drug-likeness (QED) is 0.803. The van der Waals surface area contributed by atoms with Crippen LogP contribution in [0.4, 0.5) is 4.39 Å². The van der Waals surface area contributed by atoms with E-state index in [1.807, 2.05) is 14.0 Å². The van der Waals surface area contributed by atoms with Gasteiger partial charge in [0.15, 0.2) is 0 Å². The lowest BCUT2D eigenvalue weighted by Crippen LogP contribution is -2.23. The van der Waals surface area contributed by atoms with E-state index in [1.165, 1.54) is 12.1 Å². The van der Waals surface area contributed by atoms with Crippen molar-refractivity contribution in [2.24, 2.45) is 0 Å². The van der Waals surface area contributed by atoms with Gasteiger partial charge in [0, 0.05) is 6.54 Å². The van der Waals surface area contributed by atoms with Gasteiger partial charge in [0.1, 0.15) is 5.82 Å². The van der Waals surface area contributed by atoms with Gasteiger partial charge < -0.3 is 10.1 Å². The van der Waals surface area contributed by atoms with E-state index in [4.69, 9.17) is 4.74 Å². The molecule has 0 heterocycles.